The zero-order chi connectivity index (χ0) is 42.4. The van der Waals surface area contributed by atoms with E-state index < -0.39 is 18.2 Å². The van der Waals surface area contributed by atoms with Crippen LogP contribution >= 0.6 is 0 Å². The molecule has 0 aliphatic heterocycles. The van der Waals surface area contributed by atoms with Crippen molar-refractivity contribution in [1.29, 1.82) is 0 Å². The van der Waals surface area contributed by atoms with Crippen molar-refractivity contribution in [3.63, 3.8) is 0 Å². The van der Waals surface area contributed by atoms with E-state index in [1.54, 1.807) is 0 Å². The average molecular weight is 816 g/mol. The summed E-state index contributed by atoms with van der Waals surface area (Å²) in [5, 5.41) is 23.8. The van der Waals surface area contributed by atoms with Crippen LogP contribution in [0.1, 0.15) is 258 Å². The monoisotopic (exact) mass is 816 g/mol. The normalized spacial score (nSPS) is 13.5. The highest BCUT2D eigenvalue weighted by molar-refractivity contribution is 5.77. The first-order valence-corrected chi connectivity index (χ1v) is 25.2. The van der Waals surface area contributed by atoms with Gasteiger partial charge in [0, 0.05) is 6.42 Å². The van der Waals surface area contributed by atoms with E-state index in [1.165, 1.54) is 135 Å². The van der Waals surface area contributed by atoms with Gasteiger partial charge in [0.2, 0.25) is 5.91 Å². The Hall–Kier alpha value is -1.92. The van der Waals surface area contributed by atoms with Gasteiger partial charge in [0.25, 0.3) is 0 Å². The number of hydrogen-bond acceptors (Lipinski definition) is 5. The lowest BCUT2D eigenvalue weighted by atomic mass is 10.0. The lowest BCUT2D eigenvalue weighted by Gasteiger charge is -2.24. The summed E-state index contributed by atoms with van der Waals surface area (Å²) in [5.41, 5.74) is 0. The van der Waals surface area contributed by atoms with Gasteiger partial charge in [0.05, 0.1) is 25.2 Å². The molecule has 0 heterocycles. The standard InChI is InChI=1S/C52H97NO5/c1-4-7-10-13-16-19-22-24-25-27-30-32-35-38-41-44-50(55)49(47-54)53-51(56)46-48(43-40-37-34-31-29-26-23-20-17-14-11-8-5-2)58-52(57)45-42-39-36-33-28-21-18-15-12-9-6-3/h8,11,14,17,20,23,48-50,54-55H,4-7,9-10,12-13,15-16,18-19,21-22,24-47H2,1-3H3,(H,53,56)/b11-8+,17-14+,23-20+. The topological polar surface area (TPSA) is 95.9 Å². The highest BCUT2D eigenvalue weighted by Gasteiger charge is 2.24. The second-order valence-electron chi connectivity index (χ2n) is 17.3. The smallest absolute Gasteiger partial charge is 0.306 e. The van der Waals surface area contributed by atoms with Gasteiger partial charge in [0.15, 0.2) is 0 Å². The molecule has 1 amide bonds. The molecule has 3 atom stereocenters. The van der Waals surface area contributed by atoms with Crippen LogP contribution in [0.5, 0.6) is 0 Å². The molecule has 3 unspecified atom stereocenters. The van der Waals surface area contributed by atoms with Crippen LogP contribution < -0.4 is 5.32 Å². The van der Waals surface area contributed by atoms with Crippen molar-refractivity contribution in [3.05, 3.63) is 36.5 Å². The summed E-state index contributed by atoms with van der Waals surface area (Å²) in [4.78, 5) is 26.1. The number of carbonyl (C=O) groups excluding carboxylic acids is 2. The second kappa shape index (κ2) is 46.2. The molecular formula is C52H97NO5. The van der Waals surface area contributed by atoms with Crippen LogP contribution in [0.15, 0.2) is 36.5 Å². The third kappa shape index (κ3) is 40.8. The molecule has 0 radical (unpaired) electrons. The van der Waals surface area contributed by atoms with E-state index in [0.717, 1.165) is 77.0 Å². The number of aliphatic hydroxyl groups is 2. The molecule has 0 aliphatic carbocycles. The molecule has 0 aromatic carbocycles. The third-order valence-corrected chi connectivity index (χ3v) is 11.5. The van der Waals surface area contributed by atoms with Crippen molar-refractivity contribution < 1.29 is 24.5 Å². The Morgan fingerprint density at radius 3 is 1.40 bits per heavy atom. The van der Waals surface area contributed by atoms with E-state index in [4.69, 9.17) is 4.74 Å². The summed E-state index contributed by atoms with van der Waals surface area (Å²) in [5.74, 6) is -0.486. The molecule has 0 saturated carbocycles. The SMILES string of the molecule is CC/C=C/C=C/C=C/CCCCCCCC(CC(=O)NC(CO)C(O)CCCCCCCCCCCCCCCCC)OC(=O)CCCCCCCCCCCCC. The highest BCUT2D eigenvalue weighted by Crippen LogP contribution is 2.18. The molecule has 6 heteroatoms. The molecule has 6 nitrogen and oxygen atoms in total. The zero-order valence-electron chi connectivity index (χ0n) is 38.7. The number of nitrogens with one attached hydrogen (secondary N) is 1. The molecule has 0 fully saturated rings. The molecular weight excluding hydrogens is 719 g/mol. The minimum atomic E-state index is -0.790. The number of ether oxygens (including phenoxy) is 1. The fourth-order valence-electron chi connectivity index (χ4n) is 7.73. The van der Waals surface area contributed by atoms with Gasteiger partial charge < -0.3 is 20.3 Å². The van der Waals surface area contributed by atoms with Crippen LogP contribution in [0.4, 0.5) is 0 Å². The molecule has 0 aromatic heterocycles. The number of allylic oxidation sites excluding steroid dienone is 6. The van der Waals surface area contributed by atoms with E-state index >= 15 is 0 Å². The van der Waals surface area contributed by atoms with Gasteiger partial charge in [-0.05, 0) is 44.9 Å². The van der Waals surface area contributed by atoms with Gasteiger partial charge in [0.1, 0.15) is 6.10 Å². The maximum atomic E-state index is 13.2. The Kier molecular flexibility index (Phi) is 44.6. The van der Waals surface area contributed by atoms with Crippen LogP contribution in [0.25, 0.3) is 0 Å². The molecule has 58 heavy (non-hydrogen) atoms. The molecule has 0 saturated heterocycles. The molecule has 3 N–H and O–H groups in total. The van der Waals surface area contributed by atoms with Gasteiger partial charge in [-0.2, -0.15) is 0 Å². The predicted molar refractivity (Wildman–Crippen MR) is 250 cm³/mol. The van der Waals surface area contributed by atoms with E-state index in [2.05, 4.69) is 62.5 Å². The molecule has 0 aromatic rings. The largest absolute Gasteiger partial charge is 0.462 e. The minimum Gasteiger partial charge on any atom is -0.462 e. The number of esters is 1. The summed E-state index contributed by atoms with van der Waals surface area (Å²) < 4.78 is 5.91. The number of rotatable bonds is 45. The minimum absolute atomic E-state index is 0.0674. The van der Waals surface area contributed by atoms with Gasteiger partial charge in [-0.1, -0.05) is 237 Å². The van der Waals surface area contributed by atoms with Gasteiger partial charge in [-0.25, -0.2) is 0 Å². The summed E-state index contributed by atoms with van der Waals surface area (Å²) in [6.45, 7) is 6.35. The Bertz CT molecular complexity index is 961. The first kappa shape index (κ1) is 56.1. The van der Waals surface area contributed by atoms with Crippen LogP contribution in [-0.4, -0.2) is 46.9 Å². The highest BCUT2D eigenvalue weighted by atomic mass is 16.5. The van der Waals surface area contributed by atoms with Crippen LogP contribution in [0, 0.1) is 0 Å². The summed E-state index contributed by atoms with van der Waals surface area (Å²) in [6.07, 6.45) is 53.4. The van der Waals surface area contributed by atoms with Crippen LogP contribution in [0.3, 0.4) is 0 Å². The fraction of sp³-hybridized carbons (Fsp3) is 0.846. The maximum Gasteiger partial charge on any atom is 0.306 e. The van der Waals surface area contributed by atoms with Crippen molar-refractivity contribution in [2.24, 2.45) is 0 Å². The predicted octanol–water partition coefficient (Wildman–Crippen LogP) is 14.9. The Balaban J connectivity index is 4.54. The van der Waals surface area contributed by atoms with Crippen molar-refractivity contribution >= 4 is 11.9 Å². The molecule has 0 bridgehead atoms. The van der Waals surface area contributed by atoms with E-state index in [0.29, 0.717) is 19.3 Å². The first-order valence-electron chi connectivity index (χ1n) is 25.2. The van der Waals surface area contributed by atoms with Gasteiger partial charge >= 0.3 is 5.97 Å². The third-order valence-electron chi connectivity index (χ3n) is 11.5. The van der Waals surface area contributed by atoms with Crippen molar-refractivity contribution in [2.75, 3.05) is 6.61 Å². The first-order chi connectivity index (χ1) is 28.5. The Morgan fingerprint density at radius 1 is 0.517 bits per heavy atom. The van der Waals surface area contributed by atoms with E-state index in [9.17, 15) is 19.8 Å². The average Bonchev–Trinajstić information content (AvgIpc) is 3.22. The Labute approximate surface area is 360 Å². The number of carbonyl (C=O) groups is 2. The number of aliphatic hydroxyl groups excluding tert-OH is 2. The van der Waals surface area contributed by atoms with Crippen LogP contribution in [0.2, 0.25) is 0 Å². The van der Waals surface area contributed by atoms with Gasteiger partial charge in [-0.3, -0.25) is 9.59 Å². The van der Waals surface area contributed by atoms with Crippen LogP contribution in [-0.2, 0) is 14.3 Å². The number of unbranched alkanes of at least 4 members (excludes halogenated alkanes) is 29. The van der Waals surface area contributed by atoms with Crippen molar-refractivity contribution in [1.82, 2.24) is 5.32 Å². The van der Waals surface area contributed by atoms with Crippen molar-refractivity contribution in [2.45, 2.75) is 277 Å². The lowest BCUT2D eigenvalue weighted by Crippen LogP contribution is -2.46. The summed E-state index contributed by atoms with van der Waals surface area (Å²) in [7, 11) is 0. The Morgan fingerprint density at radius 2 is 0.931 bits per heavy atom. The number of hydrogen-bond donors (Lipinski definition) is 3. The molecule has 0 spiro atoms. The fourth-order valence-corrected chi connectivity index (χ4v) is 7.73. The molecule has 0 aliphatic rings. The van der Waals surface area contributed by atoms with E-state index in [-0.39, 0.29) is 24.9 Å². The maximum absolute atomic E-state index is 13.2. The summed E-state index contributed by atoms with van der Waals surface area (Å²) >= 11 is 0. The lowest BCUT2D eigenvalue weighted by molar-refractivity contribution is -0.151. The molecule has 0 rings (SSSR count). The zero-order valence-corrected chi connectivity index (χ0v) is 38.7. The quantitative estimate of drug-likeness (QED) is 0.0323. The van der Waals surface area contributed by atoms with Crippen molar-refractivity contribution in [3.8, 4) is 0 Å². The summed E-state index contributed by atoms with van der Waals surface area (Å²) in [6, 6.07) is -0.704. The molecule has 340 valence electrons. The van der Waals surface area contributed by atoms with E-state index in [1.807, 2.05) is 0 Å². The number of amides is 1. The second-order valence-corrected chi connectivity index (χ2v) is 17.3. The van der Waals surface area contributed by atoms with Gasteiger partial charge in [-0.15, -0.1) is 0 Å².